The first-order chi connectivity index (χ1) is 12.5. The fourth-order valence-corrected chi connectivity index (χ4v) is 2.22. The van der Waals surface area contributed by atoms with Crippen LogP contribution in [0.4, 0.5) is 10.5 Å². The van der Waals surface area contributed by atoms with Crippen molar-refractivity contribution < 1.29 is 29.0 Å². The average Bonchev–Trinajstić information content (AvgIpc) is 2.91. The summed E-state index contributed by atoms with van der Waals surface area (Å²) in [6.45, 7) is 5.26. The Bertz CT molecular complexity index is 846. The number of hydrogen-bond acceptors (Lipinski definition) is 5. The van der Waals surface area contributed by atoms with E-state index in [0.717, 1.165) is 0 Å². The van der Waals surface area contributed by atoms with E-state index in [1.165, 1.54) is 22.8 Å². The molecule has 0 aliphatic rings. The van der Waals surface area contributed by atoms with Gasteiger partial charge in [0.25, 0.3) is 0 Å². The molecule has 0 aliphatic carbocycles. The van der Waals surface area contributed by atoms with Crippen molar-refractivity contribution in [3.63, 3.8) is 0 Å². The van der Waals surface area contributed by atoms with Crippen molar-refractivity contribution in [2.45, 2.75) is 33.0 Å². The van der Waals surface area contributed by atoms with Gasteiger partial charge in [0.1, 0.15) is 17.9 Å². The Balaban J connectivity index is 1.97. The van der Waals surface area contributed by atoms with Crippen LogP contribution in [0.2, 0.25) is 0 Å². The summed E-state index contributed by atoms with van der Waals surface area (Å²) in [6.07, 6.45) is 0.953. The van der Waals surface area contributed by atoms with Gasteiger partial charge in [-0.2, -0.15) is 0 Å². The lowest BCUT2D eigenvalue weighted by Gasteiger charge is -2.19. The minimum atomic E-state index is -1.02. The quantitative estimate of drug-likeness (QED) is 0.777. The molecule has 1 aromatic heterocycles. The van der Waals surface area contributed by atoms with Crippen LogP contribution in [0, 0.1) is 0 Å². The summed E-state index contributed by atoms with van der Waals surface area (Å²) in [4.78, 5) is 34.9. The maximum Gasteiger partial charge on any atom is 0.412 e. The number of nitrogens with one attached hydrogen (secondary N) is 1. The van der Waals surface area contributed by atoms with Crippen molar-refractivity contribution in [3.05, 3.63) is 53.3 Å². The van der Waals surface area contributed by atoms with Crippen LogP contribution in [0.15, 0.2) is 36.5 Å². The van der Waals surface area contributed by atoms with Crippen LogP contribution in [-0.2, 0) is 23.1 Å². The molecule has 144 valence electrons. The Morgan fingerprint density at radius 2 is 1.78 bits per heavy atom. The van der Waals surface area contributed by atoms with Crippen molar-refractivity contribution >= 4 is 23.7 Å². The first-order valence-corrected chi connectivity index (χ1v) is 8.21. The first-order valence-electron chi connectivity index (χ1n) is 8.21. The number of carboxylic acids is 1. The van der Waals surface area contributed by atoms with Crippen LogP contribution in [0.3, 0.4) is 0 Å². The molecule has 2 aromatic rings. The highest BCUT2D eigenvalue weighted by Gasteiger charge is 2.19. The summed E-state index contributed by atoms with van der Waals surface area (Å²) >= 11 is 0. The molecule has 27 heavy (non-hydrogen) atoms. The number of aromatic carboxylic acids is 1. The summed E-state index contributed by atoms with van der Waals surface area (Å²) in [5.74, 6) is -1.59. The average molecular weight is 374 g/mol. The molecular formula is C19H22N2O6. The minimum absolute atomic E-state index is 0.00125. The van der Waals surface area contributed by atoms with E-state index in [9.17, 15) is 14.4 Å². The molecule has 8 heteroatoms. The number of rotatable bonds is 5. The third kappa shape index (κ3) is 5.88. The second-order valence-electron chi connectivity index (χ2n) is 6.93. The Labute approximate surface area is 156 Å². The standard InChI is InChI=1S/C19H22N2O6/c1-19(2,3)27-18(25)20-14-9-15(21(4)10-14)17(24)26-11-12-5-7-13(8-6-12)16(22)23/h5-10H,11H2,1-4H3,(H,20,25)(H,22,23). The molecule has 0 fully saturated rings. The fourth-order valence-electron chi connectivity index (χ4n) is 2.22. The van der Waals surface area contributed by atoms with Crippen LogP contribution < -0.4 is 5.32 Å². The van der Waals surface area contributed by atoms with Gasteiger partial charge < -0.3 is 19.1 Å². The fraction of sp³-hybridized carbons (Fsp3) is 0.316. The van der Waals surface area contributed by atoms with Gasteiger partial charge in [0.05, 0.1) is 11.3 Å². The van der Waals surface area contributed by atoms with Crippen molar-refractivity contribution in [2.75, 3.05) is 5.32 Å². The van der Waals surface area contributed by atoms with E-state index in [2.05, 4.69) is 5.32 Å². The number of benzene rings is 1. The number of carbonyl (C=O) groups excluding carboxylic acids is 2. The number of carboxylic acid groups (broad SMARTS) is 1. The number of aryl methyl sites for hydroxylation is 1. The maximum atomic E-state index is 12.3. The molecule has 0 spiro atoms. The summed E-state index contributed by atoms with van der Waals surface area (Å²) in [5, 5.41) is 11.4. The molecule has 0 radical (unpaired) electrons. The van der Waals surface area contributed by atoms with Gasteiger partial charge in [-0.15, -0.1) is 0 Å². The van der Waals surface area contributed by atoms with E-state index in [0.29, 0.717) is 11.3 Å². The number of esters is 1. The Kier molecular flexibility index (Phi) is 5.89. The number of hydrogen-bond donors (Lipinski definition) is 2. The van der Waals surface area contributed by atoms with Gasteiger partial charge in [-0.25, -0.2) is 14.4 Å². The van der Waals surface area contributed by atoms with Crippen molar-refractivity contribution in [1.29, 1.82) is 0 Å². The normalized spacial score (nSPS) is 11.0. The van der Waals surface area contributed by atoms with E-state index >= 15 is 0 Å². The molecule has 2 rings (SSSR count). The number of carbonyl (C=O) groups is 3. The highest BCUT2D eigenvalue weighted by molar-refractivity contribution is 5.92. The molecule has 1 heterocycles. The van der Waals surface area contributed by atoms with E-state index in [4.69, 9.17) is 14.6 Å². The lowest BCUT2D eigenvalue weighted by Crippen LogP contribution is -2.27. The second-order valence-corrected chi connectivity index (χ2v) is 6.93. The van der Waals surface area contributed by atoms with Crippen molar-refractivity contribution in [3.8, 4) is 0 Å². The third-order valence-electron chi connectivity index (χ3n) is 3.43. The van der Waals surface area contributed by atoms with Gasteiger partial charge in [-0.1, -0.05) is 12.1 Å². The van der Waals surface area contributed by atoms with E-state index in [1.807, 2.05) is 0 Å². The third-order valence-corrected chi connectivity index (χ3v) is 3.43. The van der Waals surface area contributed by atoms with Crippen molar-refractivity contribution in [2.24, 2.45) is 7.05 Å². The van der Waals surface area contributed by atoms with Gasteiger partial charge in [-0.3, -0.25) is 5.32 Å². The zero-order valence-corrected chi connectivity index (χ0v) is 15.6. The summed E-state index contributed by atoms with van der Waals surface area (Å²) in [5.41, 5.74) is 0.851. The van der Waals surface area contributed by atoms with E-state index in [1.54, 1.807) is 46.1 Å². The molecule has 0 saturated heterocycles. The van der Waals surface area contributed by atoms with Gasteiger partial charge in [0.2, 0.25) is 0 Å². The Hall–Kier alpha value is -3.29. The zero-order valence-electron chi connectivity index (χ0n) is 15.6. The molecule has 8 nitrogen and oxygen atoms in total. The topological polar surface area (TPSA) is 107 Å². The Morgan fingerprint density at radius 1 is 1.15 bits per heavy atom. The molecule has 0 unspecified atom stereocenters. The highest BCUT2D eigenvalue weighted by Crippen LogP contribution is 2.17. The van der Waals surface area contributed by atoms with Gasteiger partial charge in [0.15, 0.2) is 0 Å². The number of aromatic nitrogens is 1. The number of anilines is 1. The van der Waals surface area contributed by atoms with Crippen LogP contribution in [0.5, 0.6) is 0 Å². The molecule has 1 aromatic carbocycles. The van der Waals surface area contributed by atoms with Crippen LogP contribution in [-0.4, -0.2) is 33.3 Å². The molecule has 1 amide bonds. The van der Waals surface area contributed by atoms with Crippen LogP contribution >= 0.6 is 0 Å². The SMILES string of the molecule is Cn1cc(NC(=O)OC(C)(C)C)cc1C(=O)OCc1ccc(C(=O)O)cc1. The molecule has 2 N–H and O–H groups in total. The van der Waals surface area contributed by atoms with E-state index < -0.39 is 23.6 Å². The largest absolute Gasteiger partial charge is 0.478 e. The van der Waals surface area contributed by atoms with Gasteiger partial charge in [-0.05, 0) is 44.5 Å². The number of ether oxygens (including phenoxy) is 2. The van der Waals surface area contributed by atoms with Gasteiger partial charge in [0, 0.05) is 13.2 Å². The molecule has 0 saturated carbocycles. The highest BCUT2D eigenvalue weighted by atomic mass is 16.6. The van der Waals surface area contributed by atoms with Gasteiger partial charge >= 0.3 is 18.0 Å². The first kappa shape index (κ1) is 20.0. The molecule has 0 bridgehead atoms. The maximum absolute atomic E-state index is 12.3. The minimum Gasteiger partial charge on any atom is -0.478 e. The lowest BCUT2D eigenvalue weighted by atomic mass is 10.1. The molecular weight excluding hydrogens is 352 g/mol. The summed E-state index contributed by atoms with van der Waals surface area (Å²) in [7, 11) is 1.65. The van der Waals surface area contributed by atoms with E-state index in [-0.39, 0.29) is 17.9 Å². The van der Waals surface area contributed by atoms with Crippen LogP contribution in [0.25, 0.3) is 0 Å². The predicted octanol–water partition coefficient (Wildman–Crippen LogP) is 3.43. The Morgan fingerprint density at radius 3 is 2.33 bits per heavy atom. The zero-order chi connectivity index (χ0) is 20.2. The smallest absolute Gasteiger partial charge is 0.412 e. The summed E-state index contributed by atoms with van der Waals surface area (Å²) < 4.78 is 11.9. The lowest BCUT2D eigenvalue weighted by molar-refractivity contribution is 0.0460. The predicted molar refractivity (Wildman–Crippen MR) is 97.8 cm³/mol. The molecule has 0 atom stereocenters. The number of amides is 1. The van der Waals surface area contributed by atoms with Crippen LogP contribution in [0.1, 0.15) is 47.2 Å². The monoisotopic (exact) mass is 374 g/mol. The van der Waals surface area contributed by atoms with Crippen molar-refractivity contribution in [1.82, 2.24) is 4.57 Å². The summed E-state index contributed by atoms with van der Waals surface area (Å²) in [6, 6.07) is 7.53. The second kappa shape index (κ2) is 7.94. The number of nitrogens with zero attached hydrogens (tertiary/aromatic N) is 1. The molecule has 0 aliphatic heterocycles.